The van der Waals surface area contributed by atoms with Gasteiger partial charge >= 0.3 is 0 Å². The van der Waals surface area contributed by atoms with E-state index in [1.807, 2.05) is 12.1 Å². The number of benzene rings is 1. The maximum atomic E-state index is 12.7. The zero-order valence-electron chi connectivity index (χ0n) is 16.2. The molecule has 2 heterocycles. The molecule has 6 heteroatoms. The van der Waals surface area contributed by atoms with E-state index in [1.165, 1.54) is 18.4 Å². The summed E-state index contributed by atoms with van der Waals surface area (Å²) in [5.74, 6) is 0.927. The van der Waals surface area contributed by atoms with E-state index in [4.69, 9.17) is 0 Å². The Morgan fingerprint density at radius 1 is 1.26 bits per heavy atom. The molecular weight excluding hydrogens is 338 g/mol. The van der Waals surface area contributed by atoms with Crippen LogP contribution in [0.3, 0.4) is 0 Å². The van der Waals surface area contributed by atoms with Gasteiger partial charge in [0.25, 0.3) is 5.91 Å². The summed E-state index contributed by atoms with van der Waals surface area (Å²) in [6.45, 7) is 3.75. The Bertz CT molecular complexity index is 768. The maximum Gasteiger partial charge on any atom is 0.272 e. The topological polar surface area (TPSA) is 64.3 Å². The minimum absolute atomic E-state index is 0.0616. The molecule has 1 aromatic heterocycles. The van der Waals surface area contributed by atoms with Crippen LogP contribution >= 0.6 is 0 Å². The zero-order valence-corrected chi connectivity index (χ0v) is 16.2. The van der Waals surface area contributed by atoms with Crippen molar-refractivity contribution in [2.45, 2.75) is 31.3 Å². The molecule has 2 aliphatic rings. The van der Waals surface area contributed by atoms with Crippen molar-refractivity contribution in [3.05, 3.63) is 53.3 Å². The van der Waals surface area contributed by atoms with E-state index in [-0.39, 0.29) is 11.9 Å². The first-order valence-electron chi connectivity index (χ1n) is 9.85. The molecule has 27 heavy (non-hydrogen) atoms. The summed E-state index contributed by atoms with van der Waals surface area (Å²) in [6.07, 6.45) is 2.40. The number of nitrogens with zero attached hydrogens (tertiary/aromatic N) is 3. The summed E-state index contributed by atoms with van der Waals surface area (Å²) in [7, 11) is 4.18. The zero-order chi connectivity index (χ0) is 18.8. The van der Waals surface area contributed by atoms with Crippen molar-refractivity contribution < 1.29 is 4.79 Å². The van der Waals surface area contributed by atoms with Gasteiger partial charge in [0, 0.05) is 49.8 Å². The highest BCUT2D eigenvalue weighted by Gasteiger charge is 2.35. The van der Waals surface area contributed by atoms with Gasteiger partial charge in [-0.3, -0.25) is 14.8 Å². The number of H-pyrrole nitrogens is 1. The van der Waals surface area contributed by atoms with Crippen LogP contribution in [-0.4, -0.2) is 65.7 Å². The van der Waals surface area contributed by atoms with Crippen molar-refractivity contribution in [2.75, 3.05) is 33.7 Å². The number of amides is 1. The van der Waals surface area contributed by atoms with E-state index < -0.39 is 0 Å². The lowest BCUT2D eigenvalue weighted by atomic mass is 10.0. The lowest BCUT2D eigenvalue weighted by Gasteiger charge is -2.22. The van der Waals surface area contributed by atoms with Crippen LogP contribution in [0.15, 0.2) is 36.4 Å². The normalized spacial score (nSPS) is 23.1. The average Bonchev–Trinajstić information content (AvgIpc) is 3.26. The van der Waals surface area contributed by atoms with Crippen molar-refractivity contribution >= 4 is 5.91 Å². The predicted molar refractivity (Wildman–Crippen MR) is 106 cm³/mol. The Labute approximate surface area is 160 Å². The second-order valence-corrected chi connectivity index (χ2v) is 8.26. The van der Waals surface area contributed by atoms with E-state index in [1.54, 1.807) is 0 Å². The maximum absolute atomic E-state index is 12.7. The largest absolute Gasteiger partial charge is 0.346 e. The summed E-state index contributed by atoms with van der Waals surface area (Å²) in [6, 6.07) is 12.6. The first kappa shape index (κ1) is 18.2. The van der Waals surface area contributed by atoms with Crippen LogP contribution in [0.4, 0.5) is 0 Å². The molecule has 2 aromatic rings. The third-order valence-electron chi connectivity index (χ3n) is 5.53. The summed E-state index contributed by atoms with van der Waals surface area (Å²) in [5.41, 5.74) is 2.93. The Morgan fingerprint density at radius 2 is 2.04 bits per heavy atom. The van der Waals surface area contributed by atoms with Gasteiger partial charge < -0.3 is 10.2 Å². The van der Waals surface area contributed by atoms with E-state index in [0.717, 1.165) is 31.9 Å². The number of aromatic amines is 1. The number of likely N-dealkylation sites (tertiary alicyclic amines) is 1. The molecule has 2 atom stereocenters. The van der Waals surface area contributed by atoms with Crippen LogP contribution in [0.25, 0.3) is 0 Å². The van der Waals surface area contributed by atoms with E-state index in [2.05, 4.69) is 63.7 Å². The van der Waals surface area contributed by atoms with Crippen LogP contribution in [0.1, 0.15) is 40.5 Å². The molecule has 1 saturated carbocycles. The molecule has 1 aliphatic heterocycles. The molecule has 2 fully saturated rings. The van der Waals surface area contributed by atoms with Gasteiger partial charge in [0.2, 0.25) is 0 Å². The fourth-order valence-electron chi connectivity index (χ4n) is 4.05. The SMILES string of the molecule is CN(C)C[C@@H]1CN(Cc2ccccc2)C[C@H]1NC(=O)c1cc(C2CC2)[nH]n1. The standard InChI is InChI=1S/C21H29N5O/c1-25(2)12-17-13-26(11-15-6-4-3-5-7-15)14-20(17)22-21(27)19-10-18(23-24-19)16-8-9-16/h3-7,10,16-17,20H,8-9,11-14H2,1-2H3,(H,22,27)(H,23,24)/t17-,20-/m1/s1. The number of nitrogens with one attached hydrogen (secondary N) is 2. The number of carbonyl (C=O) groups excluding carboxylic acids is 1. The number of hydrogen-bond donors (Lipinski definition) is 2. The molecule has 1 aromatic carbocycles. The van der Waals surface area contributed by atoms with Gasteiger partial charge in [-0.2, -0.15) is 5.10 Å². The highest BCUT2D eigenvalue weighted by molar-refractivity contribution is 5.92. The molecule has 6 nitrogen and oxygen atoms in total. The quantitative estimate of drug-likeness (QED) is 0.786. The first-order valence-corrected chi connectivity index (χ1v) is 9.85. The number of carbonyl (C=O) groups is 1. The second kappa shape index (κ2) is 7.82. The number of aromatic nitrogens is 2. The molecule has 1 aliphatic carbocycles. The van der Waals surface area contributed by atoms with Crippen molar-refractivity contribution in [3.63, 3.8) is 0 Å². The molecule has 1 saturated heterocycles. The Kier molecular flexibility index (Phi) is 5.27. The summed E-state index contributed by atoms with van der Waals surface area (Å²) >= 11 is 0. The molecular formula is C21H29N5O. The van der Waals surface area contributed by atoms with Crippen molar-refractivity contribution in [3.8, 4) is 0 Å². The van der Waals surface area contributed by atoms with Crippen LogP contribution in [0, 0.1) is 5.92 Å². The van der Waals surface area contributed by atoms with Crippen LogP contribution < -0.4 is 5.32 Å². The Balaban J connectivity index is 1.40. The van der Waals surface area contributed by atoms with Crippen molar-refractivity contribution in [1.82, 2.24) is 25.3 Å². The van der Waals surface area contributed by atoms with Crippen LogP contribution in [0.5, 0.6) is 0 Å². The number of hydrogen-bond acceptors (Lipinski definition) is 4. The lowest BCUT2D eigenvalue weighted by molar-refractivity contribution is 0.0921. The molecule has 0 bridgehead atoms. The van der Waals surface area contributed by atoms with E-state index >= 15 is 0 Å². The minimum atomic E-state index is -0.0616. The Morgan fingerprint density at radius 3 is 2.74 bits per heavy atom. The first-order chi connectivity index (χ1) is 13.1. The Hall–Kier alpha value is -2.18. The third-order valence-corrected chi connectivity index (χ3v) is 5.53. The highest BCUT2D eigenvalue weighted by atomic mass is 16.2. The highest BCUT2D eigenvalue weighted by Crippen LogP contribution is 2.39. The summed E-state index contributed by atoms with van der Waals surface area (Å²) in [5, 5.41) is 10.5. The molecule has 1 amide bonds. The van der Waals surface area contributed by atoms with Crippen molar-refractivity contribution in [2.24, 2.45) is 5.92 Å². The monoisotopic (exact) mass is 367 g/mol. The lowest BCUT2D eigenvalue weighted by Crippen LogP contribution is -2.43. The molecule has 2 N–H and O–H groups in total. The molecule has 4 rings (SSSR count). The van der Waals surface area contributed by atoms with Gasteiger partial charge in [0.1, 0.15) is 5.69 Å². The third kappa shape index (κ3) is 4.57. The summed E-state index contributed by atoms with van der Waals surface area (Å²) in [4.78, 5) is 17.4. The predicted octanol–water partition coefficient (Wildman–Crippen LogP) is 2.08. The van der Waals surface area contributed by atoms with Gasteiger partial charge in [0.05, 0.1) is 0 Å². The fraction of sp³-hybridized carbons (Fsp3) is 0.524. The molecule has 144 valence electrons. The minimum Gasteiger partial charge on any atom is -0.346 e. The summed E-state index contributed by atoms with van der Waals surface area (Å²) < 4.78 is 0. The van der Waals surface area contributed by atoms with Crippen LogP contribution in [-0.2, 0) is 6.54 Å². The van der Waals surface area contributed by atoms with Crippen molar-refractivity contribution in [1.29, 1.82) is 0 Å². The fourth-order valence-corrected chi connectivity index (χ4v) is 4.05. The number of rotatable bonds is 7. The van der Waals surface area contributed by atoms with E-state index in [9.17, 15) is 4.79 Å². The van der Waals surface area contributed by atoms with E-state index in [0.29, 0.717) is 17.5 Å². The average molecular weight is 367 g/mol. The second-order valence-electron chi connectivity index (χ2n) is 8.26. The van der Waals surface area contributed by atoms with Gasteiger partial charge in [-0.15, -0.1) is 0 Å². The molecule has 0 unspecified atom stereocenters. The van der Waals surface area contributed by atoms with Gasteiger partial charge in [-0.25, -0.2) is 0 Å². The molecule has 0 spiro atoms. The van der Waals surface area contributed by atoms with Gasteiger partial charge in [-0.1, -0.05) is 30.3 Å². The van der Waals surface area contributed by atoms with Gasteiger partial charge in [-0.05, 0) is 38.6 Å². The smallest absolute Gasteiger partial charge is 0.272 e. The molecule has 0 radical (unpaired) electrons. The van der Waals surface area contributed by atoms with Gasteiger partial charge in [0.15, 0.2) is 0 Å². The van der Waals surface area contributed by atoms with Crippen LogP contribution in [0.2, 0.25) is 0 Å².